The molecule has 14 heteroatoms. The Hall–Kier alpha value is -4.72. The van der Waals surface area contributed by atoms with E-state index in [2.05, 4.69) is 48.3 Å². The highest BCUT2D eigenvalue weighted by atomic mass is 19.4. The number of amides is 1. The van der Waals surface area contributed by atoms with Gasteiger partial charge in [0.1, 0.15) is 24.3 Å². The molecule has 310 valence electrons. The number of carbonyl (C=O) groups excluding carboxylic acids is 3. The third kappa shape index (κ3) is 32.4. The predicted octanol–water partition coefficient (Wildman–Crippen LogP) is 9.70. The lowest BCUT2D eigenvalue weighted by atomic mass is 10.1. The third-order valence-corrected chi connectivity index (χ3v) is 7.23. The summed E-state index contributed by atoms with van der Waals surface area (Å²) in [6, 6.07) is 12.2. The van der Waals surface area contributed by atoms with Crippen molar-refractivity contribution in [3.63, 3.8) is 0 Å². The Kier molecular flexibility index (Phi) is 34.5. The molecule has 0 atom stereocenters. The van der Waals surface area contributed by atoms with Crippen LogP contribution in [0.5, 0.6) is 11.5 Å². The number of aldehydes is 1. The molecule has 0 radical (unpaired) electrons. The molecule has 1 N–H and O–H groups in total. The minimum Gasteiger partial charge on any atom is -0.493 e. The van der Waals surface area contributed by atoms with E-state index in [1.54, 1.807) is 25.3 Å². The largest absolute Gasteiger partial charge is 0.493 e. The number of nitrogens with zero attached hydrogens (tertiary/aromatic N) is 1. The Bertz CT molecular complexity index is 1310. The van der Waals surface area contributed by atoms with E-state index in [0.717, 1.165) is 30.5 Å². The average Bonchev–Trinajstić information content (AvgIpc) is 3.71. The molecule has 0 unspecified atom stereocenters. The Morgan fingerprint density at radius 1 is 0.945 bits per heavy atom. The molecule has 0 spiro atoms. The van der Waals surface area contributed by atoms with Crippen molar-refractivity contribution in [1.82, 2.24) is 5.32 Å². The highest BCUT2D eigenvalue weighted by molar-refractivity contribution is 5.76. The first kappa shape index (κ1) is 52.4. The minimum atomic E-state index is -4.32. The summed E-state index contributed by atoms with van der Waals surface area (Å²) in [7, 11) is 1.65. The van der Waals surface area contributed by atoms with E-state index in [0.29, 0.717) is 50.4 Å². The van der Waals surface area contributed by atoms with Crippen molar-refractivity contribution in [3.05, 3.63) is 94.1 Å². The fraction of sp³-hybridized carbons (Fsp3) is 0.537. The number of methoxy groups -OCH3 is 1. The lowest BCUT2D eigenvalue weighted by Crippen LogP contribution is -2.25. The molecule has 55 heavy (non-hydrogen) atoms. The van der Waals surface area contributed by atoms with Crippen molar-refractivity contribution in [2.75, 3.05) is 33.5 Å². The van der Waals surface area contributed by atoms with Crippen LogP contribution < -0.4 is 14.8 Å². The van der Waals surface area contributed by atoms with Gasteiger partial charge in [-0.1, -0.05) is 89.0 Å². The smallest absolute Gasteiger partial charge is 0.416 e. The molecular formula is C41H61F3N2O9. The number of ether oxygens (including phenoxy) is 3. The molecular weight excluding hydrogens is 721 g/mol. The van der Waals surface area contributed by atoms with Crippen LogP contribution in [0.2, 0.25) is 0 Å². The fourth-order valence-electron chi connectivity index (χ4n) is 4.48. The summed E-state index contributed by atoms with van der Waals surface area (Å²) in [6.07, 6.45) is 16.7. The maximum atomic E-state index is 12.5. The van der Waals surface area contributed by atoms with E-state index >= 15 is 0 Å². The molecule has 0 aliphatic heterocycles. The second kappa shape index (κ2) is 36.3. The van der Waals surface area contributed by atoms with Crippen molar-refractivity contribution in [2.24, 2.45) is 5.92 Å². The molecule has 0 aromatic heterocycles. The summed E-state index contributed by atoms with van der Waals surface area (Å²) < 4.78 is 52.8. The number of alkyl halides is 3. The molecule has 11 nitrogen and oxygen atoms in total. The quantitative estimate of drug-likeness (QED) is 0.0264. The van der Waals surface area contributed by atoms with Crippen LogP contribution in [0, 0.1) is 16.0 Å². The maximum Gasteiger partial charge on any atom is 0.416 e. The third-order valence-electron chi connectivity index (χ3n) is 7.23. The van der Waals surface area contributed by atoms with Crippen molar-refractivity contribution in [1.29, 1.82) is 0 Å². The molecule has 1 aliphatic carbocycles. The second-order valence-corrected chi connectivity index (χ2v) is 11.6. The molecule has 0 saturated heterocycles. The van der Waals surface area contributed by atoms with Gasteiger partial charge in [0, 0.05) is 13.5 Å². The molecule has 2 aromatic rings. The number of benzene rings is 2. The van der Waals surface area contributed by atoms with Gasteiger partial charge in [-0.25, -0.2) is 4.79 Å². The molecule has 1 aliphatic rings. The number of nitrogens with one attached hydrogen (secondary N) is 1. The van der Waals surface area contributed by atoms with Crippen molar-refractivity contribution in [3.8, 4) is 11.5 Å². The summed E-state index contributed by atoms with van der Waals surface area (Å²) in [6.45, 7) is 9.22. The van der Waals surface area contributed by atoms with Crippen molar-refractivity contribution >= 4 is 18.7 Å². The summed E-state index contributed by atoms with van der Waals surface area (Å²) >= 11 is 0. The monoisotopic (exact) mass is 782 g/mol. The summed E-state index contributed by atoms with van der Waals surface area (Å²) in [5.41, 5.74) is 0.439. The average molecular weight is 783 g/mol. The molecule has 0 heterocycles. The molecule has 0 bridgehead atoms. The second-order valence-electron chi connectivity index (χ2n) is 11.6. The van der Waals surface area contributed by atoms with Crippen LogP contribution in [-0.4, -0.2) is 57.2 Å². The number of rotatable bonds is 20. The highest BCUT2D eigenvalue weighted by Crippen LogP contribution is 2.31. The van der Waals surface area contributed by atoms with Crippen LogP contribution in [0.3, 0.4) is 0 Å². The van der Waals surface area contributed by atoms with Gasteiger partial charge in [0.25, 0.3) is 5.09 Å². The normalized spacial score (nSPS) is 12.0. The van der Waals surface area contributed by atoms with E-state index in [1.165, 1.54) is 51.0 Å². The van der Waals surface area contributed by atoms with E-state index in [4.69, 9.17) is 14.2 Å². The molecule has 3 rings (SSSR count). The van der Waals surface area contributed by atoms with Gasteiger partial charge < -0.3 is 29.2 Å². The minimum absolute atomic E-state index is 0.00569. The van der Waals surface area contributed by atoms with E-state index in [1.807, 2.05) is 26.0 Å². The van der Waals surface area contributed by atoms with Crippen LogP contribution in [0.4, 0.5) is 13.2 Å². The number of hydrogen-bond acceptors (Lipinski definition) is 9. The number of carbonyl (C=O) groups is 3. The zero-order valence-electron chi connectivity index (χ0n) is 33.0. The van der Waals surface area contributed by atoms with Gasteiger partial charge in [0.05, 0.1) is 25.4 Å². The number of hydrogen-bond donors (Lipinski definition) is 1. The van der Waals surface area contributed by atoms with Crippen molar-refractivity contribution in [2.45, 2.75) is 105 Å². The lowest BCUT2D eigenvalue weighted by molar-refractivity contribution is -0.757. The SMILES string of the molecule is C/C=C\CCCC.CC.COCCc1ccc(OC(=O)CNC=O)cc1.FC(F)(F)c1cccc(OCC/C=C/C2CCCC2)c1.O=CCCCO[N+](=O)[O-]. The number of halogens is 3. The number of esters is 1. The van der Waals surface area contributed by atoms with E-state index in [-0.39, 0.29) is 18.9 Å². The van der Waals surface area contributed by atoms with Gasteiger partial charge >= 0.3 is 12.1 Å². The predicted molar refractivity (Wildman–Crippen MR) is 208 cm³/mol. The highest BCUT2D eigenvalue weighted by Gasteiger charge is 2.30. The first-order chi connectivity index (χ1) is 26.5. The van der Waals surface area contributed by atoms with Gasteiger partial charge in [0.2, 0.25) is 6.41 Å². The Labute approximate surface area is 324 Å². The fourth-order valence-corrected chi connectivity index (χ4v) is 4.48. The Balaban J connectivity index is 0. The van der Waals surface area contributed by atoms with Crippen LogP contribution in [0.25, 0.3) is 0 Å². The first-order valence-corrected chi connectivity index (χ1v) is 18.7. The van der Waals surface area contributed by atoms with Crippen LogP contribution in [0.1, 0.15) is 103 Å². The van der Waals surface area contributed by atoms with Crippen LogP contribution in [0.15, 0.2) is 72.8 Å². The van der Waals surface area contributed by atoms with Crippen LogP contribution in [-0.2, 0) is 36.6 Å². The van der Waals surface area contributed by atoms with E-state index in [9.17, 15) is 37.7 Å². The maximum absolute atomic E-state index is 12.5. The van der Waals surface area contributed by atoms with E-state index < -0.39 is 22.8 Å². The molecule has 1 saturated carbocycles. The zero-order valence-corrected chi connectivity index (χ0v) is 33.0. The standard InChI is InChI=1S/C16H19F3O.C12H15NO4.C7H14.C4H7NO4.C2H6/c17-16(18,19)14-9-5-10-15(12-14)20-11-4-3-8-13-6-1-2-7-13;1-16-7-6-10-2-4-11(5-3-10)17-12(15)8-13-9-14;1-3-5-7-6-4-2;6-3-1-2-4-9-5(7)8;1-2/h3,5,8-10,12-13H,1-2,4,6-7,11H2;2-5,9H,6-8H2,1H3,(H,13,14);3,5H,4,6-7H2,1-2H3;3H,1-2,4H2;1-2H3/b8-3+;;5-3-;;. The summed E-state index contributed by atoms with van der Waals surface area (Å²) in [5.74, 6) is 0.920. The zero-order chi connectivity index (χ0) is 41.6. The van der Waals surface area contributed by atoms with Gasteiger partial charge in [-0.2, -0.15) is 13.2 Å². The number of allylic oxidation sites excluding steroid dienone is 3. The molecule has 1 amide bonds. The Morgan fingerprint density at radius 3 is 2.20 bits per heavy atom. The molecule has 2 aromatic carbocycles. The lowest BCUT2D eigenvalue weighted by Gasteiger charge is -2.09. The topological polar surface area (TPSA) is 143 Å². The number of unbranched alkanes of at least 4 members (excludes halogenated alkanes) is 3. The Morgan fingerprint density at radius 2 is 1.64 bits per heavy atom. The molecule has 1 fully saturated rings. The van der Waals surface area contributed by atoms with Gasteiger partial charge in [-0.15, -0.1) is 10.1 Å². The van der Waals surface area contributed by atoms with Crippen molar-refractivity contribution < 1.29 is 51.7 Å². The van der Waals surface area contributed by atoms with Gasteiger partial charge in [0.15, 0.2) is 0 Å². The van der Waals surface area contributed by atoms with Crippen LogP contribution >= 0.6 is 0 Å². The first-order valence-electron chi connectivity index (χ1n) is 18.7. The summed E-state index contributed by atoms with van der Waals surface area (Å²) in [4.78, 5) is 44.1. The summed E-state index contributed by atoms with van der Waals surface area (Å²) in [5, 5.41) is 10.8. The van der Waals surface area contributed by atoms with Gasteiger partial charge in [-0.3, -0.25) is 4.79 Å². The van der Waals surface area contributed by atoms with Gasteiger partial charge in [-0.05, 0) is 87.3 Å².